The van der Waals surface area contributed by atoms with Crippen molar-refractivity contribution in [2.45, 2.75) is 18.4 Å². The zero-order valence-electron chi connectivity index (χ0n) is 14.5. The van der Waals surface area contributed by atoms with Gasteiger partial charge in [0.25, 0.3) is 0 Å². The Morgan fingerprint density at radius 3 is 2.85 bits per heavy atom. The lowest BCUT2D eigenvalue weighted by Gasteiger charge is -2.42. The molecule has 26 heavy (non-hydrogen) atoms. The number of amidine groups is 1. The normalized spacial score (nSPS) is 17.8. The van der Waals surface area contributed by atoms with E-state index < -0.39 is 0 Å². The summed E-state index contributed by atoms with van der Waals surface area (Å²) in [5, 5.41) is 7.98. The third-order valence-corrected chi connectivity index (χ3v) is 5.99. The predicted molar refractivity (Wildman–Crippen MR) is 111 cm³/mol. The molecule has 0 unspecified atom stereocenters. The number of thioether (sulfide) groups is 1. The van der Waals surface area contributed by atoms with E-state index in [0.29, 0.717) is 18.2 Å². The molecule has 1 spiro atoms. The molecule has 136 valence electrons. The standard InChI is InChI=1S/C20H22ClN3OS/c21-15-4-3-5-16(14-15)25-11-10-22-19-20(8-12-26-13-9-20)24-18-7-2-1-6-17(18)23-19/h1-7,14,24H,8-13H2,(H,22,23). The minimum absolute atomic E-state index is 0.0876. The maximum absolute atomic E-state index is 6.00. The Morgan fingerprint density at radius 1 is 1.15 bits per heavy atom. The molecule has 2 aliphatic heterocycles. The van der Waals surface area contributed by atoms with Crippen LogP contribution in [0.3, 0.4) is 0 Å². The van der Waals surface area contributed by atoms with Gasteiger partial charge in [-0.2, -0.15) is 11.8 Å². The molecule has 0 radical (unpaired) electrons. The molecule has 2 aromatic rings. The summed E-state index contributed by atoms with van der Waals surface area (Å²) in [7, 11) is 0. The molecule has 0 aliphatic carbocycles. The van der Waals surface area contributed by atoms with Crippen LogP contribution < -0.4 is 15.4 Å². The van der Waals surface area contributed by atoms with Gasteiger partial charge >= 0.3 is 0 Å². The zero-order valence-corrected chi connectivity index (χ0v) is 16.1. The lowest BCUT2D eigenvalue weighted by molar-refractivity contribution is 0.321. The minimum Gasteiger partial charge on any atom is -0.492 e. The van der Waals surface area contributed by atoms with Gasteiger partial charge in [0.05, 0.1) is 23.5 Å². The minimum atomic E-state index is -0.0876. The molecule has 0 amide bonds. The predicted octanol–water partition coefficient (Wildman–Crippen LogP) is 4.73. The number of hydrogen-bond acceptors (Lipinski definition) is 5. The van der Waals surface area contributed by atoms with Crippen LogP contribution in [0.15, 0.2) is 53.5 Å². The molecule has 2 aromatic carbocycles. The molecule has 0 atom stereocenters. The van der Waals surface area contributed by atoms with Crippen LogP contribution in [-0.2, 0) is 0 Å². The van der Waals surface area contributed by atoms with Gasteiger partial charge in [-0.1, -0.05) is 29.8 Å². The number of fused-ring (bicyclic) bond motifs is 1. The summed E-state index contributed by atoms with van der Waals surface area (Å²) in [5.74, 6) is 4.12. The van der Waals surface area contributed by atoms with Crippen molar-refractivity contribution in [1.82, 2.24) is 5.32 Å². The average molecular weight is 388 g/mol. The quantitative estimate of drug-likeness (QED) is 0.744. The summed E-state index contributed by atoms with van der Waals surface area (Å²) < 4.78 is 5.80. The Balaban J connectivity index is 1.45. The van der Waals surface area contributed by atoms with Gasteiger partial charge in [-0.3, -0.25) is 0 Å². The number of benzene rings is 2. The van der Waals surface area contributed by atoms with Gasteiger partial charge in [-0.05, 0) is 54.7 Å². The fourth-order valence-electron chi connectivity index (χ4n) is 3.41. The summed E-state index contributed by atoms with van der Waals surface area (Å²) in [4.78, 5) is 4.94. The molecular weight excluding hydrogens is 366 g/mol. The smallest absolute Gasteiger partial charge is 0.128 e. The lowest BCUT2D eigenvalue weighted by atomic mass is 9.88. The lowest BCUT2D eigenvalue weighted by Crippen LogP contribution is -2.56. The van der Waals surface area contributed by atoms with Gasteiger partial charge in [-0.15, -0.1) is 0 Å². The Hall–Kier alpha value is -1.85. The number of rotatable bonds is 4. The second-order valence-corrected chi connectivity index (χ2v) is 8.19. The fourth-order valence-corrected chi connectivity index (χ4v) is 4.78. The van der Waals surface area contributed by atoms with E-state index in [0.717, 1.165) is 47.3 Å². The molecule has 2 N–H and O–H groups in total. The van der Waals surface area contributed by atoms with E-state index in [4.69, 9.17) is 21.3 Å². The van der Waals surface area contributed by atoms with Crippen LogP contribution in [0.1, 0.15) is 12.8 Å². The third kappa shape index (κ3) is 3.79. The summed E-state index contributed by atoms with van der Waals surface area (Å²) in [6.45, 7) is 1.26. The number of anilines is 1. The monoisotopic (exact) mass is 387 g/mol. The summed E-state index contributed by atoms with van der Waals surface area (Å²) in [6, 6.07) is 15.7. The first kappa shape index (κ1) is 17.6. The van der Waals surface area contributed by atoms with Gasteiger partial charge in [0, 0.05) is 5.02 Å². The van der Waals surface area contributed by atoms with Crippen LogP contribution in [0, 0.1) is 0 Å². The maximum atomic E-state index is 6.00. The first-order valence-corrected chi connectivity index (χ1v) is 10.4. The molecule has 0 aromatic heterocycles. The molecule has 4 rings (SSSR count). The van der Waals surface area contributed by atoms with Crippen LogP contribution >= 0.6 is 23.4 Å². The highest BCUT2D eigenvalue weighted by atomic mass is 35.5. The van der Waals surface area contributed by atoms with Crippen molar-refractivity contribution >= 4 is 40.6 Å². The van der Waals surface area contributed by atoms with Crippen LogP contribution in [0.25, 0.3) is 0 Å². The Morgan fingerprint density at radius 2 is 2.00 bits per heavy atom. The molecule has 6 heteroatoms. The second-order valence-electron chi connectivity index (χ2n) is 6.53. The molecule has 0 bridgehead atoms. The highest BCUT2D eigenvalue weighted by Crippen LogP contribution is 2.39. The van der Waals surface area contributed by atoms with Crippen molar-refractivity contribution in [2.75, 3.05) is 30.0 Å². The van der Waals surface area contributed by atoms with Gasteiger partial charge in [0.1, 0.15) is 18.2 Å². The number of para-hydroxylation sites is 2. The molecular formula is C20H22ClN3OS. The van der Waals surface area contributed by atoms with Gasteiger partial charge in [0.15, 0.2) is 0 Å². The van der Waals surface area contributed by atoms with Crippen LogP contribution in [0.5, 0.6) is 5.75 Å². The van der Waals surface area contributed by atoms with E-state index in [2.05, 4.69) is 28.8 Å². The van der Waals surface area contributed by atoms with Crippen molar-refractivity contribution in [3.63, 3.8) is 0 Å². The second kappa shape index (κ2) is 7.80. The van der Waals surface area contributed by atoms with Crippen molar-refractivity contribution in [1.29, 1.82) is 0 Å². The number of nitrogens with one attached hydrogen (secondary N) is 2. The number of nitrogens with zero attached hydrogens (tertiary/aromatic N) is 1. The fraction of sp³-hybridized carbons (Fsp3) is 0.350. The highest BCUT2D eigenvalue weighted by molar-refractivity contribution is 7.99. The highest BCUT2D eigenvalue weighted by Gasteiger charge is 2.40. The summed E-state index contributed by atoms with van der Waals surface area (Å²) in [5.41, 5.74) is 2.03. The van der Waals surface area contributed by atoms with Gasteiger partial charge < -0.3 is 15.4 Å². The third-order valence-electron chi connectivity index (χ3n) is 4.77. The van der Waals surface area contributed by atoms with E-state index in [9.17, 15) is 0 Å². The Kier molecular flexibility index (Phi) is 5.27. The van der Waals surface area contributed by atoms with Gasteiger partial charge in [-0.25, -0.2) is 4.99 Å². The summed E-state index contributed by atoms with van der Waals surface area (Å²) >= 11 is 8.01. The molecule has 0 saturated carbocycles. The van der Waals surface area contributed by atoms with E-state index in [1.165, 1.54) is 0 Å². The van der Waals surface area contributed by atoms with E-state index >= 15 is 0 Å². The molecule has 1 fully saturated rings. The first-order valence-electron chi connectivity index (χ1n) is 8.92. The maximum Gasteiger partial charge on any atom is 0.128 e. The van der Waals surface area contributed by atoms with E-state index in [-0.39, 0.29) is 5.54 Å². The molecule has 2 aliphatic rings. The first-order chi connectivity index (χ1) is 12.8. The van der Waals surface area contributed by atoms with E-state index in [1.54, 1.807) is 0 Å². The number of halogens is 1. The Labute approximate surface area is 163 Å². The zero-order chi connectivity index (χ0) is 17.8. The van der Waals surface area contributed by atoms with Gasteiger partial charge in [0.2, 0.25) is 0 Å². The SMILES string of the molecule is Clc1cccc(OCCNC2=Nc3ccccc3NC23CCSCC3)c1. The largest absolute Gasteiger partial charge is 0.492 e. The molecule has 2 heterocycles. The summed E-state index contributed by atoms with van der Waals surface area (Å²) in [6.07, 6.45) is 2.15. The van der Waals surface area contributed by atoms with Crippen LogP contribution in [0.2, 0.25) is 5.02 Å². The van der Waals surface area contributed by atoms with Crippen molar-refractivity contribution in [2.24, 2.45) is 4.99 Å². The van der Waals surface area contributed by atoms with Crippen molar-refractivity contribution < 1.29 is 4.74 Å². The number of aliphatic imine (C=N–C) groups is 1. The number of hydrogen-bond donors (Lipinski definition) is 2. The van der Waals surface area contributed by atoms with Crippen LogP contribution in [-0.4, -0.2) is 36.0 Å². The molecule has 1 saturated heterocycles. The van der Waals surface area contributed by atoms with E-state index in [1.807, 2.05) is 42.1 Å². The number of ether oxygens (including phenoxy) is 1. The van der Waals surface area contributed by atoms with Crippen molar-refractivity contribution in [3.8, 4) is 5.75 Å². The average Bonchev–Trinajstić information content (AvgIpc) is 2.66. The van der Waals surface area contributed by atoms with Crippen molar-refractivity contribution in [3.05, 3.63) is 53.6 Å². The topological polar surface area (TPSA) is 45.6 Å². The Bertz CT molecular complexity index is 805. The van der Waals surface area contributed by atoms with Crippen LogP contribution in [0.4, 0.5) is 11.4 Å². The molecule has 4 nitrogen and oxygen atoms in total.